The van der Waals surface area contributed by atoms with Crippen LogP contribution in [0.3, 0.4) is 0 Å². The molecule has 14 aromatic carbocycles. The molecule has 4 nitrogen and oxygen atoms in total. The quantitative estimate of drug-likeness (QED) is 0.134. The van der Waals surface area contributed by atoms with E-state index in [1.807, 2.05) is 0 Å². The van der Waals surface area contributed by atoms with Gasteiger partial charge in [-0.05, 0) is 157 Å². The second-order valence-electron chi connectivity index (χ2n) is 23.5. The van der Waals surface area contributed by atoms with E-state index in [0.29, 0.717) is 0 Å². The maximum absolute atomic E-state index is 2.59. The molecular weight excluding hydrogens is 1080 g/mol. The van der Waals surface area contributed by atoms with Crippen LogP contribution in [0.5, 0.6) is 0 Å². The molecule has 5 heteroatoms. The smallest absolute Gasteiger partial charge is 0.252 e. The minimum Gasteiger partial charge on any atom is -0.311 e. The van der Waals surface area contributed by atoms with E-state index < -0.39 is 0 Å². The predicted octanol–water partition coefficient (Wildman–Crippen LogP) is 20.3. The Morgan fingerprint density at radius 1 is 0.213 bits per heavy atom. The third-order valence-corrected chi connectivity index (χ3v) is 18.7. The van der Waals surface area contributed by atoms with Crippen LogP contribution in [0.2, 0.25) is 0 Å². The van der Waals surface area contributed by atoms with Crippen molar-refractivity contribution in [1.82, 2.24) is 9.13 Å². The summed E-state index contributed by atoms with van der Waals surface area (Å²) in [7, 11) is 0. The molecule has 2 aliphatic heterocycles. The van der Waals surface area contributed by atoms with Crippen molar-refractivity contribution >= 4 is 101 Å². The zero-order valence-corrected chi connectivity index (χ0v) is 48.6. The number of fused-ring (bicyclic) bond motifs is 10. The molecular formula is C84H55BN4. The van der Waals surface area contributed by atoms with Gasteiger partial charge in [-0.2, -0.15) is 0 Å². The van der Waals surface area contributed by atoms with Crippen molar-refractivity contribution < 1.29 is 0 Å². The Morgan fingerprint density at radius 2 is 0.528 bits per heavy atom. The van der Waals surface area contributed by atoms with Gasteiger partial charge in [0.2, 0.25) is 0 Å². The van der Waals surface area contributed by atoms with Crippen LogP contribution in [0, 0.1) is 0 Å². The Bertz CT molecular complexity index is 4980. The molecule has 0 spiro atoms. The normalized spacial score (nSPS) is 12.4. The summed E-state index contributed by atoms with van der Waals surface area (Å²) in [5.41, 5.74) is 29.0. The highest BCUT2D eigenvalue weighted by Gasteiger charge is 2.44. The van der Waals surface area contributed by atoms with E-state index in [0.717, 1.165) is 62.2 Å². The van der Waals surface area contributed by atoms with Crippen LogP contribution in [0.4, 0.5) is 34.1 Å². The van der Waals surface area contributed by atoms with Crippen molar-refractivity contribution in [2.75, 3.05) is 9.80 Å². The summed E-state index contributed by atoms with van der Waals surface area (Å²) in [5, 5.41) is 4.93. The second-order valence-corrected chi connectivity index (χ2v) is 23.5. The average Bonchev–Trinajstić information content (AvgIpc) is 1.21. The van der Waals surface area contributed by atoms with Crippen LogP contribution in [0.15, 0.2) is 334 Å². The lowest BCUT2D eigenvalue weighted by Crippen LogP contribution is -2.61. The van der Waals surface area contributed by atoms with Crippen molar-refractivity contribution in [3.63, 3.8) is 0 Å². The van der Waals surface area contributed by atoms with Crippen molar-refractivity contribution in [3.05, 3.63) is 334 Å². The first-order valence-corrected chi connectivity index (χ1v) is 30.8. The standard InChI is InChI=1S/C84H55BN4/c1-5-22-56(23-6-1)58-40-44-63(45-41-58)86-79-54-65(88-75-36-17-13-30-69(75)70-31-14-18-37-76(70)88)48-50-73(79)85-74-51-49-66(89-77-38-19-15-32-71(77)72-33-16-20-39-78(72)89)55-80(74)87(64-46-42-59(43-47-64)57-24-7-2-8-25-57)82-53-62(52-81(86)84(82)85)83-67(60-26-9-3-10-27-60)34-21-35-68(83)61-28-11-4-12-29-61/h1-55H. The minimum absolute atomic E-state index is 0.170. The van der Waals surface area contributed by atoms with Gasteiger partial charge in [-0.3, -0.25) is 0 Å². The van der Waals surface area contributed by atoms with E-state index in [-0.39, 0.29) is 6.71 Å². The lowest BCUT2D eigenvalue weighted by molar-refractivity contribution is 1.17. The molecule has 0 unspecified atom stereocenters. The maximum atomic E-state index is 2.59. The first-order valence-electron chi connectivity index (χ1n) is 30.8. The average molecular weight is 1130 g/mol. The Balaban J connectivity index is 0.973. The van der Waals surface area contributed by atoms with Gasteiger partial charge in [0.15, 0.2) is 0 Å². The van der Waals surface area contributed by atoms with E-state index in [4.69, 9.17) is 0 Å². The van der Waals surface area contributed by atoms with Crippen LogP contribution < -0.4 is 26.2 Å². The molecule has 0 amide bonds. The summed E-state index contributed by atoms with van der Waals surface area (Å²) < 4.78 is 4.93. The predicted molar refractivity (Wildman–Crippen MR) is 376 cm³/mol. The molecule has 89 heavy (non-hydrogen) atoms. The van der Waals surface area contributed by atoms with Crippen molar-refractivity contribution in [2.45, 2.75) is 0 Å². The molecule has 2 aromatic heterocycles. The topological polar surface area (TPSA) is 16.3 Å². The summed E-state index contributed by atoms with van der Waals surface area (Å²) in [6, 6.07) is 124. The molecule has 4 heterocycles. The van der Waals surface area contributed by atoms with E-state index in [1.165, 1.54) is 98.9 Å². The fourth-order valence-corrected chi connectivity index (χ4v) is 14.8. The SMILES string of the molecule is c1ccc(-c2ccc(N3c4cc(-n5c6ccccc6c6ccccc65)ccc4B4c5ccc(-n6c7ccccc7c7ccccc76)cc5N(c5ccc(-c6ccccc6)cc5)c5cc(-c6c(-c7ccccc7)cccc6-c6ccccc6)cc3c54)cc2)cc1. The number of nitrogens with zero attached hydrogens (tertiary/aromatic N) is 4. The lowest BCUT2D eigenvalue weighted by Gasteiger charge is -2.45. The molecule has 0 aliphatic carbocycles. The lowest BCUT2D eigenvalue weighted by atomic mass is 9.33. The van der Waals surface area contributed by atoms with Crippen molar-refractivity contribution in [2.24, 2.45) is 0 Å². The molecule has 0 N–H and O–H groups in total. The van der Waals surface area contributed by atoms with Crippen LogP contribution in [0.25, 0.3) is 111 Å². The third kappa shape index (κ3) is 8.09. The fraction of sp³-hybridized carbons (Fsp3) is 0. The second kappa shape index (κ2) is 20.5. The molecule has 0 radical (unpaired) electrons. The maximum Gasteiger partial charge on any atom is 0.252 e. The molecule has 0 fully saturated rings. The Hall–Kier alpha value is -11.7. The zero-order chi connectivity index (χ0) is 58.5. The number of benzene rings is 14. The number of aromatic nitrogens is 2. The third-order valence-electron chi connectivity index (χ3n) is 18.7. The van der Waals surface area contributed by atoms with Crippen molar-refractivity contribution in [3.8, 4) is 67.0 Å². The first kappa shape index (κ1) is 50.6. The van der Waals surface area contributed by atoms with Crippen LogP contribution in [0.1, 0.15) is 0 Å². The highest BCUT2D eigenvalue weighted by Crippen LogP contribution is 2.50. The van der Waals surface area contributed by atoms with Gasteiger partial charge in [-0.25, -0.2) is 0 Å². The summed E-state index contributed by atoms with van der Waals surface area (Å²) in [6.07, 6.45) is 0. The number of hydrogen-bond acceptors (Lipinski definition) is 2. The number of hydrogen-bond donors (Lipinski definition) is 0. The minimum atomic E-state index is -0.170. The molecule has 2 aliphatic rings. The fourth-order valence-electron chi connectivity index (χ4n) is 14.8. The van der Waals surface area contributed by atoms with E-state index >= 15 is 0 Å². The zero-order valence-electron chi connectivity index (χ0n) is 48.6. The molecule has 0 saturated carbocycles. The van der Waals surface area contributed by atoms with Gasteiger partial charge in [-0.1, -0.05) is 249 Å². The highest BCUT2D eigenvalue weighted by atomic mass is 15.2. The Labute approximate surface area is 517 Å². The van der Waals surface area contributed by atoms with Gasteiger partial charge >= 0.3 is 0 Å². The molecule has 18 rings (SSSR count). The summed E-state index contributed by atoms with van der Waals surface area (Å²) in [5.74, 6) is 0. The molecule has 16 aromatic rings. The van der Waals surface area contributed by atoms with Gasteiger partial charge < -0.3 is 18.9 Å². The van der Waals surface area contributed by atoms with Crippen molar-refractivity contribution in [1.29, 1.82) is 0 Å². The molecule has 0 bridgehead atoms. The van der Waals surface area contributed by atoms with E-state index in [9.17, 15) is 0 Å². The number of rotatable bonds is 9. The monoisotopic (exact) mass is 1130 g/mol. The van der Waals surface area contributed by atoms with Gasteiger partial charge in [0.05, 0.1) is 22.1 Å². The van der Waals surface area contributed by atoms with E-state index in [2.05, 4.69) is 353 Å². The Morgan fingerprint density at radius 3 is 0.899 bits per heavy atom. The first-order chi connectivity index (χ1) is 44.2. The largest absolute Gasteiger partial charge is 0.311 e. The van der Waals surface area contributed by atoms with Crippen LogP contribution in [-0.4, -0.2) is 15.8 Å². The molecule has 0 saturated heterocycles. The van der Waals surface area contributed by atoms with Crippen LogP contribution in [-0.2, 0) is 0 Å². The summed E-state index contributed by atoms with van der Waals surface area (Å²) >= 11 is 0. The number of anilines is 6. The molecule has 0 atom stereocenters. The Kier molecular flexibility index (Phi) is 11.7. The number of para-hydroxylation sites is 4. The summed E-state index contributed by atoms with van der Waals surface area (Å²) in [4.78, 5) is 5.17. The van der Waals surface area contributed by atoms with Gasteiger partial charge in [-0.15, -0.1) is 0 Å². The highest BCUT2D eigenvalue weighted by molar-refractivity contribution is 7.00. The van der Waals surface area contributed by atoms with Gasteiger partial charge in [0.1, 0.15) is 0 Å². The van der Waals surface area contributed by atoms with Crippen LogP contribution >= 0.6 is 0 Å². The molecule has 414 valence electrons. The van der Waals surface area contributed by atoms with Gasteiger partial charge in [0.25, 0.3) is 6.71 Å². The summed E-state index contributed by atoms with van der Waals surface area (Å²) in [6.45, 7) is -0.170. The van der Waals surface area contributed by atoms with Gasteiger partial charge in [0, 0.05) is 67.0 Å². The van der Waals surface area contributed by atoms with E-state index in [1.54, 1.807) is 0 Å².